The zero-order valence-corrected chi connectivity index (χ0v) is 46.5. The smallest absolute Gasteiger partial charge is 0.334 e. The lowest BCUT2D eigenvalue weighted by atomic mass is 9.49. The summed E-state index contributed by atoms with van der Waals surface area (Å²) < 4.78 is 19.2. The number of ether oxygens (including phenoxy) is 3. The number of phenols is 1. The first-order valence-electron chi connectivity index (χ1n) is 30.0. The number of esters is 2. The number of allylic oxidation sites excluding steroid dienone is 2. The Kier molecular flexibility index (Phi) is 16.8. The Hall–Kier alpha value is -5.37. The second-order valence-electron chi connectivity index (χ2n) is 25.1. The molecule has 3 aromatic rings. The quantitative estimate of drug-likeness (QED) is 0.0371. The summed E-state index contributed by atoms with van der Waals surface area (Å²) in [5, 5.41) is 80.3. The fraction of sp³-hybridized carbons (Fsp3) is 0.591. The van der Waals surface area contributed by atoms with E-state index in [9.17, 15) is 40.2 Å². The number of aliphatic hydroxyl groups excluding tert-OH is 3. The normalized spacial score (nSPS) is 32.1. The first kappa shape index (κ1) is 56.5. The van der Waals surface area contributed by atoms with E-state index in [0.717, 1.165) is 68.9 Å². The molecule has 8 N–H and O–H groups in total. The largest absolute Gasteiger partial charge is 0.507 e. The standard InChI is InChI=1S/C66H82N2O12/c1-65(76,58(72)36-78-50-16-7-8-17-50)37-68-48-28-44(27-45(29-48)57(71)35-67-2)41-19-20-42-34-60(73)80-63-51(42)32-46(62(74)61(63)40-13-4-3-5-14-40)33-59-66(77)54-18-9-6-15-43(54)31-52-53(56(70)22-21-55(52)66)25-39-12-10-11-38(23-39)24-49(69)30-47(26-41)64(75)79-59/h6,10-12,15,23,27-30,32,40-43,49-50,52-55,57-59,67-69,71-72,74,76-77H,3-5,7-9,13-14,16-18,21-22,24-26,31,33-37H2,1-2H3/b47-30-/t41-,42-,43+,49-,52+,53+,54+,55-,57+,58-,59-,65-,66+/m1/s1. The van der Waals surface area contributed by atoms with Crippen LogP contribution in [0.4, 0.5) is 5.69 Å². The van der Waals surface area contributed by atoms with Gasteiger partial charge < -0.3 is 55.5 Å². The lowest BCUT2D eigenvalue weighted by molar-refractivity contribution is -0.221. The highest BCUT2D eigenvalue weighted by Crippen LogP contribution is 2.58. The van der Waals surface area contributed by atoms with Crippen molar-refractivity contribution in [3.05, 3.63) is 111 Å². The van der Waals surface area contributed by atoms with Crippen molar-refractivity contribution < 1.29 is 59.2 Å². The topological polar surface area (TPSA) is 224 Å². The van der Waals surface area contributed by atoms with E-state index in [0.29, 0.717) is 71.4 Å². The third-order valence-corrected chi connectivity index (χ3v) is 19.7. The second-order valence-corrected chi connectivity index (χ2v) is 25.1. The molecule has 4 saturated carbocycles. The van der Waals surface area contributed by atoms with Gasteiger partial charge in [-0.3, -0.25) is 9.59 Å². The number of carbonyl (C=O) groups excluding carboxylic acids is 3. The van der Waals surface area contributed by atoms with Crippen LogP contribution in [0.25, 0.3) is 0 Å². The highest BCUT2D eigenvalue weighted by Gasteiger charge is 2.62. The average Bonchev–Trinajstić information content (AvgIpc) is 4.12. The number of anilines is 1. The molecule has 3 aromatic carbocycles. The Morgan fingerprint density at radius 3 is 2.42 bits per heavy atom. The molecule has 0 unspecified atom stereocenters. The average molecular weight is 1100 g/mol. The minimum Gasteiger partial charge on any atom is -0.507 e. The van der Waals surface area contributed by atoms with Gasteiger partial charge in [0.1, 0.15) is 40.7 Å². The van der Waals surface area contributed by atoms with E-state index in [1.807, 2.05) is 42.5 Å². The number of hydrogen-bond acceptors (Lipinski definition) is 14. The van der Waals surface area contributed by atoms with Crippen LogP contribution in [-0.4, -0.2) is 111 Å². The SMILES string of the molecule is CNC[C@H](O)c1cc(NC[C@@](C)(O)[C@H](O)COC2CCCC2)cc([C@@H]2C#C[C@@H]3CC(=O)Oc4c3cc(c(O)c4C3CCCCC3)C[C@H]3OC(=O)/C(=C\[C@H](O)Cc4cccc(c4)C[C@@H]4C(=O)CC[C@@H]5[C@H]4C[C@@H]4C=CCC[C@@H]4[C@]53O)C2)c1. The molecule has 0 radical (unpaired) electrons. The molecule has 3 aliphatic heterocycles. The van der Waals surface area contributed by atoms with Crippen LogP contribution in [0.5, 0.6) is 11.5 Å². The molecule has 14 nitrogen and oxygen atoms in total. The Morgan fingerprint density at radius 1 is 0.875 bits per heavy atom. The molecule has 5 aliphatic carbocycles. The summed E-state index contributed by atoms with van der Waals surface area (Å²) in [6.45, 7) is 1.61. The van der Waals surface area contributed by atoms with Crippen molar-refractivity contribution in [1.82, 2.24) is 5.32 Å². The molecule has 0 amide bonds. The fourth-order valence-electron chi connectivity index (χ4n) is 15.4. The van der Waals surface area contributed by atoms with Crippen LogP contribution in [0.2, 0.25) is 0 Å². The Bertz CT molecular complexity index is 2930. The second kappa shape index (κ2) is 23.8. The van der Waals surface area contributed by atoms with Crippen molar-refractivity contribution in [2.75, 3.05) is 32.1 Å². The molecule has 4 fully saturated rings. The predicted octanol–water partition coefficient (Wildman–Crippen LogP) is 8.23. The lowest BCUT2D eigenvalue weighted by Crippen LogP contribution is -2.65. The van der Waals surface area contributed by atoms with Crippen LogP contribution in [0, 0.1) is 41.4 Å². The van der Waals surface area contributed by atoms with Crippen molar-refractivity contribution in [3.63, 3.8) is 0 Å². The van der Waals surface area contributed by atoms with Gasteiger partial charge in [0.25, 0.3) is 0 Å². The number of carbonyl (C=O) groups is 3. The number of nitrogens with one attached hydrogen (secondary N) is 2. The molecule has 14 heteroatoms. The maximum absolute atomic E-state index is 15.8. The number of phenolic OH excluding ortho intramolecular Hbond substituents is 1. The lowest BCUT2D eigenvalue weighted by Gasteiger charge is -2.58. The summed E-state index contributed by atoms with van der Waals surface area (Å²) in [4.78, 5) is 44.1. The Balaban J connectivity index is 1.08. The molecule has 13 atom stereocenters. The third kappa shape index (κ3) is 11.7. The van der Waals surface area contributed by atoms with Crippen LogP contribution >= 0.6 is 0 Å². The molecule has 80 heavy (non-hydrogen) atoms. The van der Waals surface area contributed by atoms with Gasteiger partial charge in [-0.2, -0.15) is 0 Å². The third-order valence-electron chi connectivity index (χ3n) is 19.7. The molecule has 0 saturated heterocycles. The fourth-order valence-corrected chi connectivity index (χ4v) is 15.4. The number of rotatable bonds is 12. The van der Waals surface area contributed by atoms with Gasteiger partial charge in [-0.05, 0) is 160 Å². The van der Waals surface area contributed by atoms with Crippen molar-refractivity contribution in [2.24, 2.45) is 29.6 Å². The van der Waals surface area contributed by atoms with Gasteiger partial charge in [-0.15, -0.1) is 0 Å². The summed E-state index contributed by atoms with van der Waals surface area (Å²) in [6, 6.07) is 15.2. The van der Waals surface area contributed by atoms with E-state index in [-0.39, 0.29) is 98.7 Å². The van der Waals surface area contributed by atoms with Crippen LogP contribution < -0.4 is 15.4 Å². The Labute approximate surface area is 470 Å². The van der Waals surface area contributed by atoms with E-state index in [1.165, 1.54) is 6.08 Å². The van der Waals surface area contributed by atoms with E-state index in [1.54, 1.807) is 20.0 Å². The highest BCUT2D eigenvalue weighted by atomic mass is 16.6. The molecular formula is C66H82N2O12. The van der Waals surface area contributed by atoms with E-state index < -0.39 is 71.2 Å². The van der Waals surface area contributed by atoms with Gasteiger partial charge in [0.15, 0.2) is 0 Å². The van der Waals surface area contributed by atoms with E-state index in [2.05, 4.69) is 34.6 Å². The molecule has 3 heterocycles. The zero-order chi connectivity index (χ0) is 55.9. The summed E-state index contributed by atoms with van der Waals surface area (Å²) in [7, 11) is 1.74. The van der Waals surface area contributed by atoms with Crippen LogP contribution in [0.3, 0.4) is 0 Å². The number of benzene rings is 3. The molecule has 11 rings (SSSR count). The van der Waals surface area contributed by atoms with Gasteiger partial charge >= 0.3 is 11.9 Å². The maximum Gasteiger partial charge on any atom is 0.334 e. The molecule has 0 aromatic heterocycles. The first-order valence-corrected chi connectivity index (χ1v) is 30.0. The van der Waals surface area contributed by atoms with Crippen molar-refractivity contribution in [1.29, 1.82) is 0 Å². The zero-order valence-electron chi connectivity index (χ0n) is 46.5. The highest BCUT2D eigenvalue weighted by molar-refractivity contribution is 5.89. The number of ketones is 1. The van der Waals surface area contributed by atoms with Crippen LogP contribution in [0.15, 0.2) is 72.3 Å². The minimum absolute atomic E-state index is 0.0370. The van der Waals surface area contributed by atoms with Gasteiger partial charge in [0.05, 0.1) is 37.3 Å². The number of fused-ring (bicyclic) bond motifs is 9. The number of likely N-dealkylation sites (N-methyl/N-ethyl adjacent to an activating group) is 1. The molecule has 10 bridgehead atoms. The predicted molar refractivity (Wildman–Crippen MR) is 302 cm³/mol. The van der Waals surface area contributed by atoms with E-state index in [4.69, 9.17) is 14.2 Å². The van der Waals surface area contributed by atoms with Gasteiger partial charge in [-0.25, -0.2) is 4.79 Å². The monoisotopic (exact) mass is 1090 g/mol. The summed E-state index contributed by atoms with van der Waals surface area (Å²) >= 11 is 0. The first-order chi connectivity index (χ1) is 38.6. The molecule has 0 spiro atoms. The van der Waals surface area contributed by atoms with Gasteiger partial charge in [0, 0.05) is 66.6 Å². The summed E-state index contributed by atoms with van der Waals surface area (Å²) in [5.41, 5.74) is 1.79. The van der Waals surface area contributed by atoms with Crippen molar-refractivity contribution >= 4 is 23.4 Å². The van der Waals surface area contributed by atoms with Crippen LogP contribution in [0.1, 0.15) is 172 Å². The van der Waals surface area contributed by atoms with Gasteiger partial charge in [-0.1, -0.05) is 86.4 Å². The number of aromatic hydroxyl groups is 1. The van der Waals surface area contributed by atoms with Crippen molar-refractivity contribution in [3.8, 4) is 23.3 Å². The molecule has 8 aliphatic rings. The Morgan fingerprint density at radius 2 is 1.64 bits per heavy atom. The minimum atomic E-state index is -1.68. The van der Waals surface area contributed by atoms with Crippen LogP contribution in [-0.2, 0) is 43.1 Å². The number of aliphatic hydroxyl groups is 5. The van der Waals surface area contributed by atoms with Crippen molar-refractivity contribution in [2.45, 2.75) is 188 Å². The summed E-state index contributed by atoms with van der Waals surface area (Å²) in [6.07, 6.45) is 12.7. The summed E-state index contributed by atoms with van der Waals surface area (Å²) in [5.74, 6) is 2.92. The number of Topliss-reactive ketones (excluding diaryl/α,β-unsaturated/α-hetero) is 1. The molecule has 428 valence electrons. The number of hydrogen-bond donors (Lipinski definition) is 8. The maximum atomic E-state index is 15.8. The molecular weight excluding hydrogens is 1010 g/mol. The van der Waals surface area contributed by atoms with Gasteiger partial charge in [0.2, 0.25) is 0 Å². The van der Waals surface area contributed by atoms with E-state index >= 15 is 4.79 Å².